The minimum absolute atomic E-state index is 0.121. The Morgan fingerprint density at radius 1 is 1.20 bits per heavy atom. The smallest absolute Gasteiger partial charge is 0.201 e. The van der Waals surface area contributed by atoms with E-state index in [2.05, 4.69) is 15.9 Å². The van der Waals surface area contributed by atoms with Crippen molar-refractivity contribution < 1.29 is 13.5 Å². The molecule has 0 atom stereocenters. The molecule has 0 saturated heterocycles. The van der Waals surface area contributed by atoms with Crippen LogP contribution in [0, 0.1) is 18.6 Å². The lowest BCUT2D eigenvalue weighted by atomic mass is 10.1. The summed E-state index contributed by atoms with van der Waals surface area (Å²) in [5, 5.41) is 0. The van der Waals surface area contributed by atoms with Crippen molar-refractivity contribution in [2.45, 2.75) is 6.92 Å². The Morgan fingerprint density at radius 3 is 2.55 bits per heavy atom. The molecular weight excluding hydrogens is 348 g/mol. The van der Waals surface area contributed by atoms with Crippen LogP contribution in [0.1, 0.15) is 11.1 Å². The molecule has 0 spiro atoms. The van der Waals surface area contributed by atoms with Gasteiger partial charge in [0.1, 0.15) is 10.7 Å². The number of thiocarbonyl (C=S) groups is 1. The maximum Gasteiger partial charge on any atom is 0.201 e. The molecule has 104 valence electrons. The zero-order valence-corrected chi connectivity index (χ0v) is 12.8. The molecule has 0 radical (unpaired) electrons. The van der Waals surface area contributed by atoms with E-state index in [1.165, 1.54) is 6.07 Å². The summed E-state index contributed by atoms with van der Waals surface area (Å²) in [6.07, 6.45) is 0. The topological polar surface area (TPSA) is 35.2 Å². The Kier molecular flexibility index (Phi) is 4.35. The Bertz CT molecular complexity index is 691. The van der Waals surface area contributed by atoms with Gasteiger partial charge in [-0.3, -0.25) is 0 Å². The quantitative estimate of drug-likeness (QED) is 0.650. The van der Waals surface area contributed by atoms with Crippen molar-refractivity contribution in [3.05, 3.63) is 57.6 Å². The summed E-state index contributed by atoms with van der Waals surface area (Å²) in [5.74, 6) is -2.02. The Morgan fingerprint density at radius 2 is 1.90 bits per heavy atom. The van der Waals surface area contributed by atoms with E-state index in [-0.39, 0.29) is 16.5 Å². The highest BCUT2D eigenvalue weighted by Gasteiger charge is 2.15. The molecule has 0 aliphatic carbocycles. The fourth-order valence-electron chi connectivity index (χ4n) is 1.64. The first-order chi connectivity index (χ1) is 9.38. The normalized spacial score (nSPS) is 10.4. The van der Waals surface area contributed by atoms with Crippen molar-refractivity contribution in [2.75, 3.05) is 0 Å². The van der Waals surface area contributed by atoms with E-state index in [1.54, 1.807) is 18.2 Å². The first-order valence-corrected chi connectivity index (χ1v) is 6.81. The molecular formula is C14H10BrF2NOS. The van der Waals surface area contributed by atoms with E-state index in [1.807, 2.05) is 6.92 Å². The van der Waals surface area contributed by atoms with Gasteiger partial charge < -0.3 is 10.5 Å². The molecule has 0 amide bonds. The van der Waals surface area contributed by atoms with Gasteiger partial charge in [-0.1, -0.05) is 34.2 Å². The monoisotopic (exact) mass is 357 g/mol. The van der Waals surface area contributed by atoms with Gasteiger partial charge in [-0.05, 0) is 36.8 Å². The maximum absolute atomic E-state index is 13.7. The average Bonchev–Trinajstić information content (AvgIpc) is 2.35. The lowest BCUT2D eigenvalue weighted by Gasteiger charge is -2.12. The van der Waals surface area contributed by atoms with Crippen LogP contribution in [0.4, 0.5) is 8.78 Å². The molecule has 2 aromatic carbocycles. The Balaban J connectivity index is 2.50. The predicted molar refractivity (Wildman–Crippen MR) is 81.2 cm³/mol. The number of benzene rings is 2. The van der Waals surface area contributed by atoms with Crippen LogP contribution >= 0.6 is 28.1 Å². The summed E-state index contributed by atoms with van der Waals surface area (Å²) in [6, 6.07) is 7.50. The molecule has 0 heterocycles. The molecule has 0 aromatic heterocycles. The largest absolute Gasteiger partial charge is 0.453 e. The van der Waals surface area contributed by atoms with E-state index in [0.29, 0.717) is 10.0 Å². The van der Waals surface area contributed by atoms with Gasteiger partial charge >= 0.3 is 0 Å². The van der Waals surface area contributed by atoms with Crippen molar-refractivity contribution in [3.63, 3.8) is 0 Å². The fraction of sp³-hybridized carbons (Fsp3) is 0.0714. The summed E-state index contributed by atoms with van der Waals surface area (Å²) in [6.45, 7) is 1.84. The van der Waals surface area contributed by atoms with Gasteiger partial charge in [0, 0.05) is 4.47 Å². The number of aryl methyl sites for hydroxylation is 1. The van der Waals surface area contributed by atoms with Gasteiger partial charge in [-0.25, -0.2) is 4.39 Å². The zero-order chi connectivity index (χ0) is 14.9. The van der Waals surface area contributed by atoms with Crippen molar-refractivity contribution in [2.24, 2.45) is 5.73 Å². The number of rotatable bonds is 3. The third-order valence-corrected chi connectivity index (χ3v) is 3.26. The van der Waals surface area contributed by atoms with Crippen LogP contribution in [-0.4, -0.2) is 4.99 Å². The highest BCUT2D eigenvalue weighted by molar-refractivity contribution is 9.10. The SMILES string of the molecule is Cc1ccc(C(N)=S)c(Oc2cc(Br)cc(F)c2F)c1. The Labute approximate surface area is 128 Å². The molecule has 0 aliphatic rings. The summed E-state index contributed by atoms with van der Waals surface area (Å²) in [4.78, 5) is 0.121. The second kappa shape index (κ2) is 5.85. The van der Waals surface area contributed by atoms with Gasteiger partial charge in [-0.2, -0.15) is 4.39 Å². The second-order valence-electron chi connectivity index (χ2n) is 4.17. The van der Waals surface area contributed by atoms with Crippen LogP contribution < -0.4 is 10.5 Å². The van der Waals surface area contributed by atoms with E-state index >= 15 is 0 Å². The summed E-state index contributed by atoms with van der Waals surface area (Å²) in [7, 11) is 0. The third-order valence-electron chi connectivity index (χ3n) is 2.58. The molecule has 0 fully saturated rings. The van der Waals surface area contributed by atoms with Crippen LogP contribution in [0.25, 0.3) is 0 Å². The molecule has 6 heteroatoms. The molecule has 20 heavy (non-hydrogen) atoms. The van der Waals surface area contributed by atoms with E-state index in [4.69, 9.17) is 22.7 Å². The molecule has 0 unspecified atom stereocenters. The van der Waals surface area contributed by atoms with Gasteiger partial charge in [0.2, 0.25) is 5.82 Å². The molecule has 0 aliphatic heterocycles. The summed E-state index contributed by atoms with van der Waals surface area (Å²) < 4.78 is 32.9. The Hall–Kier alpha value is -1.53. The highest BCUT2D eigenvalue weighted by Crippen LogP contribution is 2.32. The van der Waals surface area contributed by atoms with Gasteiger partial charge in [0.15, 0.2) is 11.6 Å². The second-order valence-corrected chi connectivity index (χ2v) is 5.52. The van der Waals surface area contributed by atoms with Crippen molar-refractivity contribution >= 4 is 33.1 Å². The standard InChI is InChI=1S/C14H10BrF2NOS/c1-7-2-3-9(14(18)20)11(4-7)19-12-6-8(15)5-10(16)13(12)17/h2-6H,1H3,(H2,18,20). The van der Waals surface area contributed by atoms with E-state index < -0.39 is 11.6 Å². The van der Waals surface area contributed by atoms with Gasteiger partial charge in [0.05, 0.1) is 5.56 Å². The number of hydrogen-bond donors (Lipinski definition) is 1. The molecule has 0 bridgehead atoms. The molecule has 2 nitrogen and oxygen atoms in total. The van der Waals surface area contributed by atoms with Gasteiger partial charge in [-0.15, -0.1) is 0 Å². The van der Waals surface area contributed by atoms with Crippen molar-refractivity contribution in [1.29, 1.82) is 0 Å². The van der Waals surface area contributed by atoms with Crippen LogP contribution in [0.5, 0.6) is 11.5 Å². The first kappa shape index (κ1) is 14.9. The third kappa shape index (κ3) is 3.13. The number of hydrogen-bond acceptors (Lipinski definition) is 2. The highest BCUT2D eigenvalue weighted by atomic mass is 79.9. The van der Waals surface area contributed by atoms with E-state index in [0.717, 1.165) is 11.6 Å². The number of nitrogens with two attached hydrogens (primary N) is 1. The van der Waals surface area contributed by atoms with Crippen LogP contribution in [0.3, 0.4) is 0 Å². The summed E-state index contributed by atoms with van der Waals surface area (Å²) >= 11 is 8.00. The minimum Gasteiger partial charge on any atom is -0.453 e. The van der Waals surface area contributed by atoms with Crippen LogP contribution in [0.2, 0.25) is 0 Å². The lowest BCUT2D eigenvalue weighted by molar-refractivity contribution is 0.415. The number of ether oxygens (including phenoxy) is 1. The molecule has 2 aromatic rings. The summed E-state index contributed by atoms with van der Waals surface area (Å²) in [5.41, 5.74) is 6.94. The van der Waals surface area contributed by atoms with Crippen LogP contribution in [-0.2, 0) is 0 Å². The minimum atomic E-state index is -1.07. The van der Waals surface area contributed by atoms with Gasteiger partial charge in [0.25, 0.3) is 0 Å². The maximum atomic E-state index is 13.7. The molecule has 0 saturated carbocycles. The first-order valence-electron chi connectivity index (χ1n) is 5.61. The van der Waals surface area contributed by atoms with Crippen molar-refractivity contribution in [1.82, 2.24) is 0 Å². The van der Waals surface area contributed by atoms with Crippen LogP contribution in [0.15, 0.2) is 34.8 Å². The van der Waals surface area contributed by atoms with E-state index in [9.17, 15) is 8.78 Å². The molecule has 2 rings (SSSR count). The van der Waals surface area contributed by atoms with Crippen molar-refractivity contribution in [3.8, 4) is 11.5 Å². The number of halogens is 3. The average molecular weight is 358 g/mol. The lowest BCUT2D eigenvalue weighted by Crippen LogP contribution is -2.11. The predicted octanol–water partition coefficient (Wildman–Crippen LogP) is 4.46. The molecule has 2 N–H and O–H groups in total. The zero-order valence-electron chi connectivity index (χ0n) is 10.4. The fourth-order valence-corrected chi connectivity index (χ4v) is 2.22.